The molecule has 0 spiro atoms. The number of nitriles is 1. The van der Waals surface area contributed by atoms with E-state index < -0.39 is 11.6 Å². The molecule has 2 unspecified atom stereocenters. The Morgan fingerprint density at radius 1 is 1.07 bits per heavy atom. The van der Waals surface area contributed by atoms with Crippen LogP contribution in [0.25, 0.3) is 0 Å². The molecule has 30 heavy (non-hydrogen) atoms. The van der Waals surface area contributed by atoms with E-state index in [1.54, 1.807) is 29.2 Å². The van der Waals surface area contributed by atoms with Crippen molar-refractivity contribution in [1.29, 1.82) is 5.26 Å². The predicted octanol–water partition coefficient (Wildman–Crippen LogP) is 3.31. The van der Waals surface area contributed by atoms with E-state index in [1.807, 2.05) is 0 Å². The molecule has 1 N–H and O–H groups in total. The molecule has 2 aromatic rings. The minimum Gasteiger partial charge on any atom is -0.492 e. The molecule has 2 saturated heterocycles. The number of nitrogens with zero attached hydrogens (tertiary/aromatic N) is 3. The Balaban J connectivity index is 1.21. The normalized spacial score (nSPS) is 20.6. The fraction of sp³-hybridized carbons (Fsp3) is 0.364. The Labute approximate surface area is 173 Å². The zero-order valence-electron chi connectivity index (χ0n) is 16.4. The van der Waals surface area contributed by atoms with Crippen molar-refractivity contribution in [3.63, 3.8) is 0 Å². The minimum absolute atomic E-state index is 0.248. The number of amides is 2. The van der Waals surface area contributed by atoms with Crippen LogP contribution in [-0.4, -0.2) is 55.2 Å². The maximum atomic E-state index is 13.3. The summed E-state index contributed by atoms with van der Waals surface area (Å²) in [5, 5.41) is 11.5. The SMILES string of the molecule is N#Cc1ccc(OCCN2CC3CN(C(=O)Nc4ccc(F)c(F)c4)CC3C2)cc1. The van der Waals surface area contributed by atoms with Gasteiger partial charge in [0, 0.05) is 44.5 Å². The van der Waals surface area contributed by atoms with E-state index in [0.29, 0.717) is 37.1 Å². The van der Waals surface area contributed by atoms with Gasteiger partial charge in [-0.1, -0.05) is 0 Å². The van der Waals surface area contributed by atoms with Gasteiger partial charge < -0.3 is 15.0 Å². The molecule has 2 atom stereocenters. The molecule has 0 radical (unpaired) electrons. The first-order chi connectivity index (χ1) is 14.5. The zero-order valence-corrected chi connectivity index (χ0v) is 16.4. The summed E-state index contributed by atoms with van der Waals surface area (Å²) in [6.45, 7) is 4.45. The van der Waals surface area contributed by atoms with Crippen LogP contribution in [0.15, 0.2) is 42.5 Å². The van der Waals surface area contributed by atoms with Crippen molar-refractivity contribution >= 4 is 11.7 Å². The topological polar surface area (TPSA) is 68.6 Å². The van der Waals surface area contributed by atoms with Crippen LogP contribution < -0.4 is 10.1 Å². The molecular formula is C22H22F2N4O2. The van der Waals surface area contributed by atoms with Gasteiger partial charge in [0.25, 0.3) is 0 Å². The van der Waals surface area contributed by atoms with Gasteiger partial charge in [0.2, 0.25) is 0 Å². The minimum atomic E-state index is -0.982. The van der Waals surface area contributed by atoms with E-state index in [1.165, 1.54) is 6.07 Å². The summed E-state index contributed by atoms with van der Waals surface area (Å²) >= 11 is 0. The Kier molecular flexibility index (Phi) is 5.81. The molecule has 156 valence electrons. The number of nitrogens with one attached hydrogen (secondary N) is 1. The lowest BCUT2D eigenvalue weighted by Crippen LogP contribution is -2.37. The van der Waals surface area contributed by atoms with Gasteiger partial charge >= 0.3 is 6.03 Å². The van der Waals surface area contributed by atoms with Crippen molar-refractivity contribution in [1.82, 2.24) is 9.80 Å². The summed E-state index contributed by atoms with van der Waals surface area (Å²) in [6, 6.07) is 12.2. The average molecular weight is 412 g/mol. The number of carbonyl (C=O) groups excluding carboxylic acids is 1. The third kappa shape index (κ3) is 4.52. The molecule has 4 rings (SSSR count). The van der Waals surface area contributed by atoms with Gasteiger partial charge in [0.15, 0.2) is 11.6 Å². The molecule has 2 fully saturated rings. The van der Waals surface area contributed by atoms with Gasteiger partial charge in [-0.3, -0.25) is 4.90 Å². The fourth-order valence-corrected chi connectivity index (χ4v) is 4.13. The lowest BCUT2D eigenvalue weighted by atomic mass is 10.0. The number of hydrogen-bond donors (Lipinski definition) is 1. The van der Waals surface area contributed by atoms with E-state index >= 15 is 0 Å². The molecule has 2 aliphatic rings. The summed E-state index contributed by atoms with van der Waals surface area (Å²) in [4.78, 5) is 16.5. The number of hydrogen-bond acceptors (Lipinski definition) is 4. The summed E-state index contributed by atoms with van der Waals surface area (Å²) < 4.78 is 32.1. The summed E-state index contributed by atoms with van der Waals surface area (Å²) in [5.41, 5.74) is 0.852. The molecule has 0 bridgehead atoms. The first-order valence-corrected chi connectivity index (χ1v) is 9.88. The van der Waals surface area contributed by atoms with Crippen LogP contribution in [0.4, 0.5) is 19.3 Å². The smallest absolute Gasteiger partial charge is 0.321 e. The van der Waals surface area contributed by atoms with Crippen molar-refractivity contribution in [2.75, 3.05) is 44.6 Å². The van der Waals surface area contributed by atoms with Crippen molar-refractivity contribution in [3.8, 4) is 11.8 Å². The first kappa shape index (κ1) is 20.1. The number of carbonyl (C=O) groups is 1. The zero-order chi connectivity index (χ0) is 21.1. The van der Waals surface area contributed by atoms with Crippen LogP contribution in [0.3, 0.4) is 0 Å². The summed E-state index contributed by atoms with van der Waals surface area (Å²) in [7, 11) is 0. The number of anilines is 1. The lowest BCUT2D eigenvalue weighted by Gasteiger charge is -2.22. The number of urea groups is 1. The summed E-state index contributed by atoms with van der Waals surface area (Å²) in [6.07, 6.45) is 0. The van der Waals surface area contributed by atoms with Crippen molar-refractivity contribution in [2.24, 2.45) is 11.8 Å². The Bertz CT molecular complexity index is 947. The molecule has 0 saturated carbocycles. The Morgan fingerprint density at radius 2 is 1.77 bits per heavy atom. The molecule has 6 nitrogen and oxygen atoms in total. The van der Waals surface area contributed by atoms with Gasteiger partial charge in [-0.25, -0.2) is 13.6 Å². The van der Waals surface area contributed by atoms with Crippen molar-refractivity contribution in [2.45, 2.75) is 0 Å². The third-order valence-corrected chi connectivity index (χ3v) is 5.68. The number of likely N-dealkylation sites (tertiary alicyclic amines) is 2. The molecule has 0 aromatic heterocycles. The highest BCUT2D eigenvalue weighted by Crippen LogP contribution is 2.31. The number of halogens is 2. The van der Waals surface area contributed by atoms with Crippen molar-refractivity contribution in [3.05, 3.63) is 59.7 Å². The highest BCUT2D eigenvalue weighted by atomic mass is 19.2. The van der Waals surface area contributed by atoms with E-state index in [-0.39, 0.29) is 11.7 Å². The van der Waals surface area contributed by atoms with E-state index in [0.717, 1.165) is 37.5 Å². The predicted molar refractivity (Wildman–Crippen MR) is 107 cm³/mol. The van der Waals surface area contributed by atoms with E-state index in [9.17, 15) is 13.6 Å². The van der Waals surface area contributed by atoms with Crippen LogP contribution in [-0.2, 0) is 0 Å². The van der Waals surface area contributed by atoms with Crippen molar-refractivity contribution < 1.29 is 18.3 Å². The van der Waals surface area contributed by atoms with Gasteiger partial charge in [-0.2, -0.15) is 5.26 Å². The lowest BCUT2D eigenvalue weighted by molar-refractivity contribution is 0.202. The average Bonchev–Trinajstić information content (AvgIpc) is 3.30. The highest BCUT2D eigenvalue weighted by Gasteiger charge is 2.41. The number of rotatable bonds is 5. The molecule has 8 heteroatoms. The monoisotopic (exact) mass is 412 g/mol. The second-order valence-electron chi connectivity index (χ2n) is 7.73. The van der Waals surface area contributed by atoms with Crippen LogP contribution in [0.5, 0.6) is 5.75 Å². The number of benzene rings is 2. The van der Waals surface area contributed by atoms with Gasteiger partial charge in [0.05, 0.1) is 11.6 Å². The first-order valence-electron chi connectivity index (χ1n) is 9.88. The fourth-order valence-electron chi connectivity index (χ4n) is 4.13. The van der Waals surface area contributed by atoms with E-state index in [4.69, 9.17) is 10.00 Å². The van der Waals surface area contributed by atoms with Gasteiger partial charge in [-0.15, -0.1) is 0 Å². The molecule has 2 aromatic carbocycles. The van der Waals surface area contributed by atoms with E-state index in [2.05, 4.69) is 16.3 Å². The number of fused-ring (bicyclic) bond motifs is 1. The standard InChI is InChI=1S/C22H22F2N4O2/c23-20-6-3-18(9-21(20)24)26-22(29)28-13-16-11-27(12-17(16)14-28)7-8-30-19-4-1-15(10-25)2-5-19/h1-6,9,16-17H,7-8,11-14H2,(H,26,29). The number of ether oxygens (including phenoxy) is 1. The second-order valence-corrected chi connectivity index (χ2v) is 7.73. The molecule has 2 amide bonds. The van der Waals surface area contributed by atoms with Crippen LogP contribution in [0.1, 0.15) is 5.56 Å². The Hall–Kier alpha value is -3.18. The largest absolute Gasteiger partial charge is 0.492 e. The second kappa shape index (κ2) is 8.67. The van der Waals surface area contributed by atoms with Crippen LogP contribution in [0, 0.1) is 34.8 Å². The quantitative estimate of drug-likeness (QED) is 0.818. The molecule has 2 heterocycles. The highest BCUT2D eigenvalue weighted by molar-refractivity contribution is 5.89. The van der Waals surface area contributed by atoms with Gasteiger partial charge in [0.1, 0.15) is 12.4 Å². The van der Waals surface area contributed by atoms with Gasteiger partial charge in [-0.05, 0) is 48.2 Å². The summed E-state index contributed by atoms with van der Waals surface area (Å²) in [5.74, 6) is -0.378. The maximum absolute atomic E-state index is 13.3. The molecule has 2 aliphatic heterocycles. The van der Waals surface area contributed by atoms with Crippen LogP contribution >= 0.6 is 0 Å². The third-order valence-electron chi connectivity index (χ3n) is 5.68. The maximum Gasteiger partial charge on any atom is 0.321 e. The van der Waals surface area contributed by atoms with Crippen LogP contribution in [0.2, 0.25) is 0 Å². The Morgan fingerprint density at radius 3 is 2.40 bits per heavy atom. The molecule has 0 aliphatic carbocycles. The molecular weight excluding hydrogens is 390 g/mol.